The molecule has 0 fully saturated rings. The molecule has 0 spiro atoms. The number of amides is 1. The highest BCUT2D eigenvalue weighted by atomic mass is 16.6. The maximum absolute atomic E-state index is 13.3. The number of para-hydroxylation sites is 1. The maximum atomic E-state index is 13.3. The summed E-state index contributed by atoms with van der Waals surface area (Å²) in [5.74, 6) is 0.466. The van der Waals surface area contributed by atoms with Crippen molar-refractivity contribution in [2.75, 3.05) is 19.6 Å². The first-order chi connectivity index (χ1) is 16.3. The zero-order valence-electron chi connectivity index (χ0n) is 18.6. The van der Waals surface area contributed by atoms with E-state index < -0.39 is 16.4 Å². The fraction of sp³-hybridized carbons (Fsp3) is 0.125. The summed E-state index contributed by atoms with van der Waals surface area (Å²) in [6.07, 6.45) is 0. The van der Waals surface area contributed by atoms with E-state index in [1.54, 1.807) is 42.5 Å². The van der Waals surface area contributed by atoms with Crippen LogP contribution in [0.2, 0.25) is 0 Å². The number of hydrogen-bond donors (Lipinski definition) is 1. The van der Waals surface area contributed by atoms with Crippen molar-refractivity contribution in [2.45, 2.75) is 6.92 Å². The molecule has 172 valence electrons. The van der Waals surface area contributed by atoms with Crippen LogP contribution in [0.1, 0.15) is 15.9 Å². The Balaban J connectivity index is 1.86. The van der Waals surface area contributed by atoms with Crippen LogP contribution in [-0.4, -0.2) is 34.7 Å². The Hall–Kier alpha value is -4.73. The van der Waals surface area contributed by atoms with E-state index in [4.69, 9.17) is 9.47 Å². The van der Waals surface area contributed by atoms with Gasteiger partial charge in [-0.1, -0.05) is 12.1 Å². The summed E-state index contributed by atoms with van der Waals surface area (Å²) in [7, 11) is 3.00. The SMILES string of the molecule is COc1ccc(-c2nc3ccccc3c(=O)n2NC(=O)c2ccc([N+](=O)[O-])c(C)c2)cc1OC. The number of benzene rings is 3. The summed E-state index contributed by atoms with van der Waals surface area (Å²) in [6, 6.07) is 15.8. The second kappa shape index (κ2) is 9.02. The molecule has 0 radical (unpaired) electrons. The first-order valence-corrected chi connectivity index (χ1v) is 10.1. The molecule has 0 saturated carbocycles. The van der Waals surface area contributed by atoms with Crippen LogP contribution in [0, 0.1) is 17.0 Å². The van der Waals surface area contributed by atoms with Crippen LogP contribution in [0.15, 0.2) is 65.5 Å². The summed E-state index contributed by atoms with van der Waals surface area (Å²) in [5.41, 5.74) is 3.43. The van der Waals surface area contributed by atoms with Gasteiger partial charge in [0.05, 0.1) is 30.0 Å². The molecule has 0 saturated heterocycles. The summed E-state index contributed by atoms with van der Waals surface area (Å²) in [6.45, 7) is 1.54. The number of nitro benzene ring substituents is 1. The van der Waals surface area contributed by atoms with Gasteiger partial charge in [-0.25, -0.2) is 4.98 Å². The van der Waals surface area contributed by atoms with Crippen molar-refractivity contribution in [2.24, 2.45) is 0 Å². The number of nitrogens with one attached hydrogen (secondary N) is 1. The van der Waals surface area contributed by atoms with Crippen molar-refractivity contribution < 1.29 is 19.2 Å². The Morgan fingerprint density at radius 2 is 1.76 bits per heavy atom. The summed E-state index contributed by atoms with van der Waals surface area (Å²) < 4.78 is 11.7. The van der Waals surface area contributed by atoms with E-state index in [0.717, 1.165) is 4.68 Å². The van der Waals surface area contributed by atoms with Crippen LogP contribution in [0.3, 0.4) is 0 Å². The third-order valence-corrected chi connectivity index (χ3v) is 5.29. The molecule has 4 rings (SSSR count). The van der Waals surface area contributed by atoms with Crippen molar-refractivity contribution in [1.82, 2.24) is 9.66 Å². The third-order valence-electron chi connectivity index (χ3n) is 5.29. The number of fused-ring (bicyclic) bond motifs is 1. The first kappa shape index (κ1) is 22.5. The molecule has 10 nitrogen and oxygen atoms in total. The van der Waals surface area contributed by atoms with E-state index in [1.807, 2.05) is 0 Å². The van der Waals surface area contributed by atoms with Crippen LogP contribution >= 0.6 is 0 Å². The molecule has 1 amide bonds. The maximum Gasteiger partial charge on any atom is 0.280 e. The lowest BCUT2D eigenvalue weighted by Gasteiger charge is -2.16. The van der Waals surface area contributed by atoms with Crippen LogP contribution in [0.5, 0.6) is 11.5 Å². The number of aromatic nitrogens is 2. The zero-order valence-corrected chi connectivity index (χ0v) is 18.6. The number of carbonyl (C=O) groups is 1. The van der Waals surface area contributed by atoms with Gasteiger partial charge in [0.1, 0.15) is 0 Å². The molecule has 0 aliphatic carbocycles. The van der Waals surface area contributed by atoms with Crippen molar-refractivity contribution in [3.63, 3.8) is 0 Å². The fourth-order valence-electron chi connectivity index (χ4n) is 3.57. The van der Waals surface area contributed by atoms with E-state index in [9.17, 15) is 19.7 Å². The monoisotopic (exact) mass is 460 g/mol. The minimum atomic E-state index is -0.626. The molecule has 0 aliphatic rings. The van der Waals surface area contributed by atoms with E-state index in [0.29, 0.717) is 33.5 Å². The highest BCUT2D eigenvalue weighted by Crippen LogP contribution is 2.31. The minimum absolute atomic E-state index is 0.105. The van der Waals surface area contributed by atoms with E-state index in [2.05, 4.69) is 10.4 Å². The molecule has 1 aromatic heterocycles. The number of ether oxygens (including phenoxy) is 2. The average molecular weight is 460 g/mol. The Kier molecular flexibility index (Phi) is 5.96. The predicted molar refractivity (Wildman–Crippen MR) is 126 cm³/mol. The molecule has 0 bridgehead atoms. The van der Waals surface area contributed by atoms with Gasteiger partial charge in [-0.2, -0.15) is 4.68 Å². The van der Waals surface area contributed by atoms with Crippen molar-refractivity contribution in [1.29, 1.82) is 0 Å². The Morgan fingerprint density at radius 3 is 2.44 bits per heavy atom. The smallest absolute Gasteiger partial charge is 0.280 e. The van der Waals surface area contributed by atoms with Crippen molar-refractivity contribution >= 4 is 22.5 Å². The summed E-state index contributed by atoms with van der Waals surface area (Å²) in [5, 5.41) is 11.4. The molecule has 0 unspecified atom stereocenters. The summed E-state index contributed by atoms with van der Waals surface area (Å²) >= 11 is 0. The van der Waals surface area contributed by atoms with Gasteiger partial charge < -0.3 is 9.47 Å². The van der Waals surface area contributed by atoms with Crippen LogP contribution in [0.4, 0.5) is 5.69 Å². The van der Waals surface area contributed by atoms with E-state index >= 15 is 0 Å². The molecule has 34 heavy (non-hydrogen) atoms. The number of nitro groups is 1. The van der Waals surface area contributed by atoms with Crippen molar-refractivity contribution in [3.05, 3.63) is 92.3 Å². The number of carbonyl (C=O) groups excluding carboxylic acids is 1. The van der Waals surface area contributed by atoms with Gasteiger partial charge in [0.25, 0.3) is 17.2 Å². The molecular weight excluding hydrogens is 440 g/mol. The average Bonchev–Trinajstić information content (AvgIpc) is 2.84. The van der Waals surface area contributed by atoms with Crippen LogP contribution in [-0.2, 0) is 0 Å². The fourth-order valence-corrected chi connectivity index (χ4v) is 3.57. The first-order valence-electron chi connectivity index (χ1n) is 10.1. The second-order valence-corrected chi connectivity index (χ2v) is 7.36. The standard InChI is InChI=1S/C24H20N4O6/c1-14-12-16(8-10-19(14)28(31)32)23(29)26-27-22(15-9-11-20(33-2)21(13-15)34-3)25-18-7-5-4-6-17(18)24(27)30/h4-13H,1-3H3,(H,26,29). The molecule has 3 aromatic carbocycles. The molecular formula is C24H20N4O6. The molecule has 10 heteroatoms. The van der Waals surface area contributed by atoms with Gasteiger partial charge in [0.15, 0.2) is 17.3 Å². The molecule has 1 N–H and O–H groups in total. The van der Waals surface area contributed by atoms with Gasteiger partial charge in [-0.15, -0.1) is 0 Å². The number of rotatable bonds is 6. The number of hydrogen-bond acceptors (Lipinski definition) is 7. The largest absolute Gasteiger partial charge is 0.493 e. The Labute approximate surface area is 193 Å². The highest BCUT2D eigenvalue weighted by Gasteiger charge is 2.19. The van der Waals surface area contributed by atoms with Gasteiger partial charge in [0.2, 0.25) is 0 Å². The normalized spacial score (nSPS) is 10.7. The van der Waals surface area contributed by atoms with E-state index in [1.165, 1.54) is 39.3 Å². The van der Waals surface area contributed by atoms with Gasteiger partial charge >= 0.3 is 0 Å². The number of nitrogens with zero attached hydrogens (tertiary/aromatic N) is 3. The van der Waals surface area contributed by atoms with E-state index in [-0.39, 0.29) is 17.1 Å². The molecule has 4 aromatic rings. The van der Waals surface area contributed by atoms with Crippen LogP contribution in [0.25, 0.3) is 22.3 Å². The topological polar surface area (TPSA) is 126 Å². The lowest BCUT2D eigenvalue weighted by atomic mass is 10.1. The quantitative estimate of drug-likeness (QED) is 0.344. The molecule has 0 atom stereocenters. The lowest BCUT2D eigenvalue weighted by molar-refractivity contribution is -0.385. The van der Waals surface area contributed by atoms with Crippen molar-refractivity contribution in [3.8, 4) is 22.9 Å². The Morgan fingerprint density at radius 1 is 1.03 bits per heavy atom. The summed E-state index contributed by atoms with van der Waals surface area (Å²) in [4.78, 5) is 41.5. The van der Waals surface area contributed by atoms with Crippen LogP contribution < -0.4 is 20.5 Å². The predicted octanol–water partition coefficient (Wildman–Crippen LogP) is 3.68. The number of aryl methyl sites for hydroxylation is 1. The molecule has 1 heterocycles. The van der Waals surface area contributed by atoms with Gasteiger partial charge in [-0.05, 0) is 49.4 Å². The second-order valence-electron chi connectivity index (χ2n) is 7.36. The number of methoxy groups -OCH3 is 2. The molecule has 0 aliphatic heterocycles. The van der Waals surface area contributed by atoms with Gasteiger partial charge in [-0.3, -0.25) is 25.1 Å². The highest BCUT2D eigenvalue weighted by molar-refractivity contribution is 6.00. The lowest BCUT2D eigenvalue weighted by Crippen LogP contribution is -2.35. The Bertz CT molecular complexity index is 1500. The minimum Gasteiger partial charge on any atom is -0.493 e. The third kappa shape index (κ3) is 4.04. The zero-order chi connectivity index (χ0) is 24.4. The van der Waals surface area contributed by atoms with Gasteiger partial charge in [0, 0.05) is 22.8 Å².